The molecule has 2 aromatic heterocycles. The van der Waals surface area contributed by atoms with E-state index in [1.807, 2.05) is 89.0 Å². The topological polar surface area (TPSA) is 76.3 Å². The van der Waals surface area contributed by atoms with E-state index in [2.05, 4.69) is 30.1 Å². The zero-order valence-corrected chi connectivity index (χ0v) is 30.0. The summed E-state index contributed by atoms with van der Waals surface area (Å²) in [6, 6.07) is 34.6. The molecule has 4 aromatic carbocycles. The van der Waals surface area contributed by atoms with Crippen LogP contribution in [0.15, 0.2) is 131 Å². The van der Waals surface area contributed by atoms with Crippen molar-refractivity contribution in [1.82, 2.24) is 18.2 Å². The maximum Gasteiger partial charge on any atom is 0.268 e. The number of benzene rings is 4. The smallest absolute Gasteiger partial charge is 0.268 e. The van der Waals surface area contributed by atoms with E-state index >= 15 is 0 Å². The number of nitrogens with zero attached hydrogens (tertiary/aromatic N) is 3. The molecule has 256 valence electrons. The van der Waals surface area contributed by atoms with Crippen LogP contribution >= 0.6 is 0 Å². The Hall–Kier alpha value is -4.02. The van der Waals surface area contributed by atoms with Crippen LogP contribution in [0.3, 0.4) is 0 Å². The molecule has 49 heavy (non-hydrogen) atoms. The molecule has 0 aliphatic carbocycles. The summed E-state index contributed by atoms with van der Waals surface area (Å²) >= 11 is 0. The van der Waals surface area contributed by atoms with Crippen molar-refractivity contribution in [3.05, 3.63) is 133 Å². The van der Waals surface area contributed by atoms with Crippen LogP contribution in [0.2, 0.25) is 0 Å². The largest absolute Gasteiger partial charge is 0.314 e. The van der Waals surface area contributed by atoms with Gasteiger partial charge in [0.15, 0.2) is 11.0 Å². The third-order valence-corrected chi connectivity index (χ3v) is 12.2. The highest BCUT2D eigenvalue weighted by atomic mass is 32.2. The number of hydrogen-bond donors (Lipinski definition) is 1. The fourth-order valence-electron chi connectivity index (χ4n) is 6.64. The molecule has 6 rings (SSSR count). The van der Waals surface area contributed by atoms with Crippen LogP contribution in [0, 0.1) is 0 Å². The standard InChI is InChI=1S/C40H46N4O3S2/c1-3-17-34(4-2)41-26-15-16-27-42(28-32-30-43(39-24-13-11-22-37(32)39)48(45)35-18-7-5-8-19-35)29-33-31-44(40-25-14-12-23-38(33)40)49(46,47)36-20-9-6-10-21-36/h5-14,18-25,30-31,34,41H,3-4,15-17,26-29H2,1-2H3. The maximum atomic E-state index is 13.8. The number of para-hydroxylation sites is 2. The Kier molecular flexibility index (Phi) is 11.5. The predicted molar refractivity (Wildman–Crippen MR) is 201 cm³/mol. The quantitative estimate of drug-likeness (QED) is 0.0972. The van der Waals surface area contributed by atoms with Crippen molar-refractivity contribution in [2.75, 3.05) is 13.1 Å². The molecule has 0 aliphatic rings. The van der Waals surface area contributed by atoms with E-state index in [4.69, 9.17) is 0 Å². The Labute approximate surface area is 293 Å². The van der Waals surface area contributed by atoms with Crippen molar-refractivity contribution in [2.45, 2.75) is 74.9 Å². The Morgan fingerprint density at radius 3 is 2.00 bits per heavy atom. The van der Waals surface area contributed by atoms with Crippen molar-refractivity contribution >= 4 is 42.8 Å². The van der Waals surface area contributed by atoms with Gasteiger partial charge in [-0.2, -0.15) is 0 Å². The molecule has 2 heterocycles. The van der Waals surface area contributed by atoms with E-state index in [9.17, 15) is 12.6 Å². The fourth-order valence-corrected chi connectivity index (χ4v) is 9.23. The third kappa shape index (κ3) is 7.91. The van der Waals surface area contributed by atoms with E-state index in [0.717, 1.165) is 64.7 Å². The summed E-state index contributed by atoms with van der Waals surface area (Å²) in [4.78, 5) is 3.42. The zero-order valence-electron chi connectivity index (χ0n) is 28.4. The van der Waals surface area contributed by atoms with E-state index < -0.39 is 21.0 Å². The minimum Gasteiger partial charge on any atom is -0.314 e. The van der Waals surface area contributed by atoms with Gasteiger partial charge < -0.3 is 5.32 Å². The summed E-state index contributed by atoms with van der Waals surface area (Å²) < 4.78 is 44.8. The minimum absolute atomic E-state index is 0.263. The van der Waals surface area contributed by atoms with Crippen LogP contribution in [-0.2, 0) is 34.1 Å². The second-order valence-electron chi connectivity index (χ2n) is 12.6. The van der Waals surface area contributed by atoms with Gasteiger partial charge in [0.2, 0.25) is 0 Å². The first-order chi connectivity index (χ1) is 23.9. The average molecular weight is 695 g/mol. The summed E-state index contributed by atoms with van der Waals surface area (Å²) in [5, 5.41) is 5.72. The Morgan fingerprint density at radius 2 is 1.33 bits per heavy atom. The lowest BCUT2D eigenvalue weighted by Gasteiger charge is -2.23. The van der Waals surface area contributed by atoms with Crippen molar-refractivity contribution in [3.63, 3.8) is 0 Å². The summed E-state index contributed by atoms with van der Waals surface area (Å²) in [6.07, 6.45) is 9.35. The first-order valence-corrected chi connectivity index (χ1v) is 19.9. The number of nitrogens with one attached hydrogen (secondary N) is 1. The number of unbranched alkanes of at least 4 members (excludes halogenated alkanes) is 1. The highest BCUT2D eigenvalue weighted by Crippen LogP contribution is 2.30. The first-order valence-electron chi connectivity index (χ1n) is 17.3. The van der Waals surface area contributed by atoms with Gasteiger partial charge in [0.25, 0.3) is 10.0 Å². The molecule has 1 N–H and O–H groups in total. The van der Waals surface area contributed by atoms with Gasteiger partial charge >= 0.3 is 0 Å². The van der Waals surface area contributed by atoms with Crippen molar-refractivity contribution in [2.24, 2.45) is 0 Å². The molecule has 0 amide bonds. The van der Waals surface area contributed by atoms with E-state index in [1.54, 1.807) is 30.5 Å². The summed E-state index contributed by atoms with van der Waals surface area (Å²) in [5.41, 5.74) is 3.64. The summed E-state index contributed by atoms with van der Waals surface area (Å²) in [5.74, 6) is 0. The molecule has 2 unspecified atom stereocenters. The van der Waals surface area contributed by atoms with E-state index in [0.29, 0.717) is 24.6 Å². The molecule has 0 aliphatic heterocycles. The van der Waals surface area contributed by atoms with Crippen LogP contribution < -0.4 is 5.32 Å². The molecule has 0 fully saturated rings. The van der Waals surface area contributed by atoms with Gasteiger partial charge in [-0.15, -0.1) is 0 Å². The van der Waals surface area contributed by atoms with Crippen molar-refractivity contribution in [1.29, 1.82) is 0 Å². The van der Waals surface area contributed by atoms with Gasteiger partial charge in [0, 0.05) is 42.3 Å². The second-order valence-corrected chi connectivity index (χ2v) is 15.8. The van der Waals surface area contributed by atoms with Crippen LogP contribution in [0.5, 0.6) is 0 Å². The molecule has 0 radical (unpaired) electrons. The Morgan fingerprint density at radius 1 is 0.735 bits per heavy atom. The molecule has 0 saturated heterocycles. The number of hydrogen-bond acceptors (Lipinski definition) is 5. The maximum absolute atomic E-state index is 13.8. The lowest BCUT2D eigenvalue weighted by atomic mass is 10.1. The predicted octanol–water partition coefficient (Wildman–Crippen LogP) is 8.35. The molecular weight excluding hydrogens is 649 g/mol. The normalized spacial score (nSPS) is 13.4. The number of fused-ring (bicyclic) bond motifs is 2. The lowest BCUT2D eigenvalue weighted by Crippen LogP contribution is -2.30. The molecule has 0 spiro atoms. The van der Waals surface area contributed by atoms with Gasteiger partial charge in [-0.1, -0.05) is 93.1 Å². The van der Waals surface area contributed by atoms with Crippen molar-refractivity contribution < 1.29 is 12.6 Å². The molecule has 9 heteroatoms. The fraction of sp³-hybridized carbons (Fsp3) is 0.300. The monoisotopic (exact) mass is 694 g/mol. The van der Waals surface area contributed by atoms with Crippen LogP contribution in [0.4, 0.5) is 0 Å². The highest BCUT2D eigenvalue weighted by Gasteiger charge is 2.23. The van der Waals surface area contributed by atoms with Crippen molar-refractivity contribution in [3.8, 4) is 0 Å². The van der Waals surface area contributed by atoms with Crippen LogP contribution in [0.25, 0.3) is 21.8 Å². The van der Waals surface area contributed by atoms with Gasteiger partial charge in [0.05, 0.1) is 20.8 Å². The number of aromatic nitrogens is 2. The van der Waals surface area contributed by atoms with Crippen LogP contribution in [0.1, 0.15) is 57.1 Å². The first kappa shape index (κ1) is 34.8. The Balaban J connectivity index is 1.32. The van der Waals surface area contributed by atoms with Gasteiger partial charge in [0.1, 0.15) is 0 Å². The second kappa shape index (κ2) is 16.1. The molecule has 6 aromatic rings. The highest BCUT2D eigenvalue weighted by molar-refractivity contribution is 7.90. The SMILES string of the molecule is CCCC(CC)NCCCCN(Cc1cn(S(=O)c2ccccc2)c2ccccc12)Cc1cn(S(=O)(=O)c2ccccc2)c2ccccc12. The third-order valence-electron chi connectivity index (χ3n) is 9.20. The molecule has 0 bridgehead atoms. The molecule has 7 nitrogen and oxygen atoms in total. The Bertz CT molecular complexity index is 2110. The van der Waals surface area contributed by atoms with E-state index in [1.165, 1.54) is 16.8 Å². The van der Waals surface area contributed by atoms with Gasteiger partial charge in [-0.05, 0) is 86.3 Å². The summed E-state index contributed by atoms with van der Waals surface area (Å²) in [6.45, 7) is 7.47. The number of rotatable bonds is 17. The zero-order chi connectivity index (χ0) is 34.2. The van der Waals surface area contributed by atoms with Crippen LogP contribution in [-0.4, -0.2) is 44.6 Å². The van der Waals surface area contributed by atoms with E-state index in [-0.39, 0.29) is 4.90 Å². The summed E-state index contributed by atoms with van der Waals surface area (Å²) in [7, 11) is -5.18. The van der Waals surface area contributed by atoms with Gasteiger partial charge in [-0.25, -0.2) is 16.6 Å². The minimum atomic E-state index is -3.79. The lowest BCUT2D eigenvalue weighted by molar-refractivity contribution is 0.251. The average Bonchev–Trinajstić information content (AvgIpc) is 3.70. The van der Waals surface area contributed by atoms with Gasteiger partial charge in [-0.3, -0.25) is 8.87 Å². The molecular formula is C40H46N4O3S2. The molecule has 2 atom stereocenters. The molecule has 0 saturated carbocycles.